The van der Waals surface area contributed by atoms with Crippen molar-refractivity contribution in [1.82, 2.24) is 0 Å². The zero-order valence-corrected chi connectivity index (χ0v) is 9.79. The second-order valence-corrected chi connectivity index (χ2v) is 4.50. The molecule has 0 saturated carbocycles. The molecule has 0 radical (unpaired) electrons. The quantitative estimate of drug-likeness (QED) is 0.827. The molecule has 0 aliphatic rings. The number of rotatable bonds is 3. The van der Waals surface area contributed by atoms with Gasteiger partial charge >= 0.3 is 5.97 Å². The average molecular weight is 235 g/mol. The number of methoxy groups -OCH3 is 1. The van der Waals surface area contributed by atoms with Crippen LogP contribution in [0.1, 0.15) is 5.56 Å². The monoisotopic (exact) mass is 235 g/mol. The molecule has 0 amide bonds. The summed E-state index contributed by atoms with van der Waals surface area (Å²) in [6.07, 6.45) is 0.524. The minimum Gasteiger partial charge on any atom is -0.468 e. The van der Waals surface area contributed by atoms with Crippen molar-refractivity contribution in [3.8, 4) is 0 Å². The second-order valence-electron chi connectivity index (χ2n) is 3.59. The van der Waals surface area contributed by atoms with Crippen molar-refractivity contribution in [3.63, 3.8) is 0 Å². The van der Waals surface area contributed by atoms with Gasteiger partial charge in [0.15, 0.2) is 0 Å². The lowest BCUT2D eigenvalue weighted by Gasteiger charge is -2.07. The Morgan fingerprint density at radius 2 is 2.25 bits per heavy atom. The molecule has 2 aromatic rings. The summed E-state index contributed by atoms with van der Waals surface area (Å²) >= 11 is 1.67. The summed E-state index contributed by atoms with van der Waals surface area (Å²) in [5.74, 6) is -0.365. The van der Waals surface area contributed by atoms with Crippen molar-refractivity contribution in [1.29, 1.82) is 0 Å². The number of ether oxygens (including phenoxy) is 1. The highest BCUT2D eigenvalue weighted by molar-refractivity contribution is 7.17. The van der Waals surface area contributed by atoms with Gasteiger partial charge < -0.3 is 10.5 Å². The number of carbonyl (C=O) groups is 1. The predicted molar refractivity (Wildman–Crippen MR) is 65.5 cm³/mol. The third-order valence-electron chi connectivity index (χ3n) is 2.50. The van der Waals surface area contributed by atoms with E-state index in [0.29, 0.717) is 6.42 Å². The van der Waals surface area contributed by atoms with Crippen LogP contribution >= 0.6 is 11.3 Å². The standard InChI is InChI=1S/C12H13NO2S/c1-15-12(14)10(13)6-8-7-16-11-5-3-2-4-9(8)11/h2-5,7,10H,6,13H2,1H3. The number of hydrogen-bond acceptors (Lipinski definition) is 4. The largest absolute Gasteiger partial charge is 0.468 e. The van der Waals surface area contributed by atoms with E-state index in [1.807, 2.05) is 23.6 Å². The van der Waals surface area contributed by atoms with Crippen LogP contribution in [0.15, 0.2) is 29.6 Å². The molecule has 1 aromatic carbocycles. The number of nitrogens with two attached hydrogens (primary N) is 1. The minimum absolute atomic E-state index is 0.365. The Balaban J connectivity index is 2.24. The van der Waals surface area contributed by atoms with Crippen molar-refractivity contribution >= 4 is 27.4 Å². The summed E-state index contributed by atoms with van der Waals surface area (Å²) in [6, 6.07) is 7.52. The van der Waals surface area contributed by atoms with Crippen LogP contribution in [0, 0.1) is 0 Å². The fourth-order valence-corrected chi connectivity index (χ4v) is 2.64. The summed E-state index contributed by atoms with van der Waals surface area (Å²) in [5.41, 5.74) is 6.85. The van der Waals surface area contributed by atoms with Crippen molar-refractivity contribution in [3.05, 3.63) is 35.2 Å². The van der Waals surface area contributed by atoms with E-state index >= 15 is 0 Å². The lowest BCUT2D eigenvalue weighted by molar-refractivity contribution is -0.142. The molecule has 84 valence electrons. The first kappa shape index (κ1) is 11.1. The van der Waals surface area contributed by atoms with Crippen molar-refractivity contribution in [2.75, 3.05) is 7.11 Å². The van der Waals surface area contributed by atoms with Gasteiger partial charge in [0.2, 0.25) is 0 Å². The molecule has 0 aliphatic heterocycles. The van der Waals surface area contributed by atoms with Gasteiger partial charge in [-0.25, -0.2) is 0 Å². The Bertz CT molecular complexity index is 506. The SMILES string of the molecule is COC(=O)C(N)Cc1csc2ccccc12. The zero-order valence-electron chi connectivity index (χ0n) is 8.97. The van der Waals surface area contributed by atoms with Gasteiger partial charge in [0.1, 0.15) is 6.04 Å². The fraction of sp³-hybridized carbons (Fsp3) is 0.250. The minimum atomic E-state index is -0.581. The molecule has 4 heteroatoms. The average Bonchev–Trinajstić information content (AvgIpc) is 2.72. The van der Waals surface area contributed by atoms with Gasteiger partial charge in [0.05, 0.1) is 7.11 Å². The molecule has 1 heterocycles. The van der Waals surface area contributed by atoms with Crippen LogP contribution in [0.3, 0.4) is 0 Å². The van der Waals surface area contributed by atoms with E-state index in [1.54, 1.807) is 11.3 Å². The number of benzene rings is 1. The van der Waals surface area contributed by atoms with Gasteiger partial charge in [0, 0.05) is 4.70 Å². The maximum Gasteiger partial charge on any atom is 0.322 e. The maximum atomic E-state index is 11.2. The molecule has 0 aliphatic carbocycles. The number of thiophene rings is 1. The van der Waals surface area contributed by atoms with Gasteiger partial charge in [-0.2, -0.15) is 0 Å². The molecule has 1 unspecified atom stereocenters. The Labute approximate surface area is 97.8 Å². The van der Waals surface area contributed by atoms with Crippen LogP contribution in [0.2, 0.25) is 0 Å². The molecule has 0 bridgehead atoms. The number of hydrogen-bond donors (Lipinski definition) is 1. The van der Waals surface area contributed by atoms with Gasteiger partial charge in [-0.05, 0) is 28.8 Å². The van der Waals surface area contributed by atoms with Crippen LogP contribution in [0.25, 0.3) is 10.1 Å². The van der Waals surface area contributed by atoms with Crippen molar-refractivity contribution < 1.29 is 9.53 Å². The van der Waals surface area contributed by atoms with Gasteiger partial charge in [-0.3, -0.25) is 4.79 Å². The second kappa shape index (κ2) is 4.63. The fourth-order valence-electron chi connectivity index (χ4n) is 1.66. The van der Waals surface area contributed by atoms with E-state index in [0.717, 1.165) is 5.56 Å². The molecule has 2 rings (SSSR count). The van der Waals surface area contributed by atoms with E-state index in [9.17, 15) is 4.79 Å². The van der Waals surface area contributed by atoms with Gasteiger partial charge in [-0.1, -0.05) is 18.2 Å². The summed E-state index contributed by atoms with van der Waals surface area (Å²) in [7, 11) is 1.36. The Kier molecular flexibility index (Phi) is 3.22. The van der Waals surface area contributed by atoms with E-state index in [1.165, 1.54) is 17.2 Å². The molecule has 3 nitrogen and oxygen atoms in total. The highest BCUT2D eigenvalue weighted by atomic mass is 32.1. The molecule has 16 heavy (non-hydrogen) atoms. The molecule has 0 saturated heterocycles. The first-order valence-electron chi connectivity index (χ1n) is 5.01. The first-order valence-corrected chi connectivity index (χ1v) is 5.89. The van der Waals surface area contributed by atoms with Crippen LogP contribution in [-0.4, -0.2) is 19.1 Å². The Morgan fingerprint density at radius 3 is 3.00 bits per heavy atom. The highest BCUT2D eigenvalue weighted by Crippen LogP contribution is 2.26. The van der Waals surface area contributed by atoms with Crippen LogP contribution < -0.4 is 5.73 Å². The van der Waals surface area contributed by atoms with Crippen molar-refractivity contribution in [2.45, 2.75) is 12.5 Å². The lowest BCUT2D eigenvalue weighted by atomic mass is 10.1. The van der Waals surface area contributed by atoms with E-state index < -0.39 is 6.04 Å². The normalized spacial score (nSPS) is 12.6. The van der Waals surface area contributed by atoms with E-state index in [4.69, 9.17) is 5.73 Å². The summed E-state index contributed by atoms with van der Waals surface area (Å²) < 4.78 is 5.83. The first-order chi connectivity index (χ1) is 7.72. The van der Waals surface area contributed by atoms with Crippen molar-refractivity contribution in [2.24, 2.45) is 5.73 Å². The number of fused-ring (bicyclic) bond motifs is 1. The third-order valence-corrected chi connectivity index (χ3v) is 3.52. The molecular weight excluding hydrogens is 222 g/mol. The van der Waals surface area contributed by atoms with E-state index in [-0.39, 0.29) is 5.97 Å². The van der Waals surface area contributed by atoms with Crippen LogP contribution in [0.5, 0.6) is 0 Å². The highest BCUT2D eigenvalue weighted by Gasteiger charge is 2.16. The van der Waals surface area contributed by atoms with Gasteiger partial charge in [0.25, 0.3) is 0 Å². The lowest BCUT2D eigenvalue weighted by Crippen LogP contribution is -2.33. The Hall–Kier alpha value is -1.39. The number of carbonyl (C=O) groups excluding carboxylic acids is 1. The molecule has 0 fully saturated rings. The number of esters is 1. The zero-order chi connectivity index (χ0) is 11.5. The van der Waals surface area contributed by atoms with Crippen LogP contribution in [0.4, 0.5) is 0 Å². The molecular formula is C12H13NO2S. The molecule has 2 N–H and O–H groups in total. The summed E-state index contributed by atoms with van der Waals surface area (Å²) in [6.45, 7) is 0. The predicted octanol–water partition coefficient (Wildman–Crippen LogP) is 1.94. The smallest absolute Gasteiger partial charge is 0.322 e. The molecule has 0 spiro atoms. The summed E-state index contributed by atoms with van der Waals surface area (Å²) in [4.78, 5) is 11.2. The summed E-state index contributed by atoms with van der Waals surface area (Å²) in [5, 5.41) is 3.22. The molecule has 1 aromatic heterocycles. The molecule has 1 atom stereocenters. The topological polar surface area (TPSA) is 52.3 Å². The van der Waals surface area contributed by atoms with Crippen LogP contribution in [-0.2, 0) is 16.0 Å². The Morgan fingerprint density at radius 1 is 1.50 bits per heavy atom. The van der Waals surface area contributed by atoms with Gasteiger partial charge in [-0.15, -0.1) is 11.3 Å². The maximum absolute atomic E-state index is 11.2. The third kappa shape index (κ3) is 2.08. The van der Waals surface area contributed by atoms with E-state index in [2.05, 4.69) is 10.8 Å².